The number of rotatable bonds is 4. The first-order chi connectivity index (χ1) is 6.11. The zero-order valence-electron chi connectivity index (χ0n) is 6.86. The molecule has 0 radical (unpaired) electrons. The van der Waals surface area contributed by atoms with Gasteiger partial charge in [0.05, 0.1) is 5.75 Å². The summed E-state index contributed by atoms with van der Waals surface area (Å²) in [6.07, 6.45) is 0.541. The highest BCUT2D eigenvalue weighted by Crippen LogP contribution is 2.19. The summed E-state index contributed by atoms with van der Waals surface area (Å²) in [7, 11) is 0. The van der Waals surface area contributed by atoms with Crippen LogP contribution < -0.4 is 0 Å². The van der Waals surface area contributed by atoms with Gasteiger partial charge in [-0.2, -0.15) is 0 Å². The minimum atomic E-state index is -0.842. The van der Waals surface area contributed by atoms with Crippen molar-refractivity contribution in [3.63, 3.8) is 0 Å². The van der Waals surface area contributed by atoms with E-state index in [9.17, 15) is 9.59 Å². The quantitative estimate of drug-likeness (QED) is 0.706. The molecule has 0 bridgehead atoms. The molecule has 0 aromatic carbocycles. The van der Waals surface area contributed by atoms with Crippen LogP contribution in [-0.2, 0) is 9.59 Å². The highest BCUT2D eigenvalue weighted by atomic mass is 32.2. The first-order valence-electron chi connectivity index (χ1n) is 3.80. The number of hydrogen-bond acceptors (Lipinski definition) is 4. The summed E-state index contributed by atoms with van der Waals surface area (Å²) in [5.41, 5.74) is 0. The van der Waals surface area contributed by atoms with Gasteiger partial charge in [0.25, 0.3) is 0 Å². The van der Waals surface area contributed by atoms with Crippen molar-refractivity contribution in [1.29, 1.82) is 0 Å². The van der Waals surface area contributed by atoms with Crippen LogP contribution in [0.25, 0.3) is 0 Å². The van der Waals surface area contributed by atoms with Crippen molar-refractivity contribution in [1.82, 2.24) is 4.90 Å². The van der Waals surface area contributed by atoms with Gasteiger partial charge in [0, 0.05) is 13.0 Å². The van der Waals surface area contributed by atoms with Crippen molar-refractivity contribution in [2.75, 3.05) is 12.3 Å². The van der Waals surface area contributed by atoms with Gasteiger partial charge >= 0.3 is 5.97 Å². The van der Waals surface area contributed by atoms with E-state index in [0.717, 1.165) is 0 Å². The first-order valence-corrected chi connectivity index (χ1v) is 5.19. The van der Waals surface area contributed by atoms with E-state index in [0.29, 0.717) is 23.0 Å². The number of carboxylic acids is 1. The second-order valence-corrected chi connectivity index (χ2v) is 4.21. The van der Waals surface area contributed by atoms with Crippen LogP contribution in [0.3, 0.4) is 0 Å². The Labute approximate surface area is 85.3 Å². The van der Waals surface area contributed by atoms with E-state index in [1.807, 2.05) is 0 Å². The number of carboxylic acid groups (broad SMARTS) is 1. The predicted octanol–water partition coefficient (Wildman–Crippen LogP) is 0.711. The van der Waals surface area contributed by atoms with E-state index in [4.69, 9.17) is 17.3 Å². The minimum absolute atomic E-state index is 0.0135. The van der Waals surface area contributed by atoms with Crippen molar-refractivity contribution in [3.05, 3.63) is 0 Å². The average Bonchev–Trinajstić information content (AvgIpc) is 2.34. The lowest BCUT2D eigenvalue weighted by Crippen LogP contribution is -2.29. The molecule has 1 aliphatic rings. The van der Waals surface area contributed by atoms with E-state index in [-0.39, 0.29) is 12.3 Å². The van der Waals surface area contributed by atoms with Gasteiger partial charge in [-0.3, -0.25) is 14.5 Å². The van der Waals surface area contributed by atoms with Gasteiger partial charge in [0.1, 0.15) is 4.32 Å². The summed E-state index contributed by atoms with van der Waals surface area (Å²) in [5.74, 6) is -0.461. The molecule has 1 heterocycles. The summed E-state index contributed by atoms with van der Waals surface area (Å²) >= 11 is 6.25. The molecule has 1 N–H and O–H groups in total. The molecule has 1 aliphatic heterocycles. The molecule has 1 fully saturated rings. The van der Waals surface area contributed by atoms with E-state index < -0.39 is 5.97 Å². The molecule has 13 heavy (non-hydrogen) atoms. The molecular weight excluding hydrogens is 210 g/mol. The lowest BCUT2D eigenvalue weighted by molar-refractivity contribution is -0.137. The molecule has 0 aromatic rings. The Bertz CT molecular complexity index is 238. The summed E-state index contributed by atoms with van der Waals surface area (Å²) < 4.78 is 0.565. The molecule has 6 heteroatoms. The largest absolute Gasteiger partial charge is 0.481 e. The molecule has 72 valence electrons. The molecule has 0 spiro atoms. The summed E-state index contributed by atoms with van der Waals surface area (Å²) in [4.78, 5) is 22.8. The van der Waals surface area contributed by atoms with Crippen molar-refractivity contribution in [2.24, 2.45) is 0 Å². The highest BCUT2D eigenvalue weighted by molar-refractivity contribution is 8.23. The maximum Gasteiger partial charge on any atom is 0.303 e. The summed E-state index contributed by atoms with van der Waals surface area (Å²) in [6.45, 7) is 0.428. The third kappa shape index (κ3) is 2.96. The average molecular weight is 219 g/mol. The van der Waals surface area contributed by atoms with Gasteiger partial charge < -0.3 is 5.11 Å². The SMILES string of the molecule is O=C(O)CCCN1C(=O)CSC1=S. The lowest BCUT2D eigenvalue weighted by atomic mass is 10.3. The third-order valence-electron chi connectivity index (χ3n) is 1.61. The Balaban J connectivity index is 2.31. The van der Waals surface area contributed by atoms with Crippen molar-refractivity contribution in [2.45, 2.75) is 12.8 Å². The van der Waals surface area contributed by atoms with E-state index >= 15 is 0 Å². The van der Waals surface area contributed by atoms with Crippen molar-refractivity contribution in [3.8, 4) is 0 Å². The Morgan fingerprint density at radius 2 is 2.38 bits per heavy atom. The number of amides is 1. The van der Waals surface area contributed by atoms with Gasteiger partial charge in [-0.25, -0.2) is 0 Å². The fraction of sp³-hybridized carbons (Fsp3) is 0.571. The maximum absolute atomic E-state index is 11.1. The molecule has 1 amide bonds. The summed E-state index contributed by atoms with van der Waals surface area (Å²) in [6, 6.07) is 0. The normalized spacial score (nSPS) is 16.8. The molecule has 4 nitrogen and oxygen atoms in total. The molecule has 1 saturated heterocycles. The van der Waals surface area contributed by atoms with Crippen LogP contribution in [0.1, 0.15) is 12.8 Å². The monoisotopic (exact) mass is 219 g/mol. The number of carbonyl (C=O) groups excluding carboxylic acids is 1. The number of hydrogen-bond donors (Lipinski definition) is 1. The molecule has 1 rings (SSSR count). The second kappa shape index (κ2) is 4.57. The fourth-order valence-electron chi connectivity index (χ4n) is 0.986. The molecule has 0 atom stereocenters. The van der Waals surface area contributed by atoms with Gasteiger partial charge in [-0.1, -0.05) is 24.0 Å². The Hall–Kier alpha value is -0.620. The Morgan fingerprint density at radius 1 is 1.69 bits per heavy atom. The molecule has 0 aliphatic carbocycles. The van der Waals surface area contributed by atoms with Crippen molar-refractivity contribution < 1.29 is 14.7 Å². The van der Waals surface area contributed by atoms with Gasteiger partial charge in [0.15, 0.2) is 0 Å². The van der Waals surface area contributed by atoms with E-state index in [1.165, 1.54) is 16.7 Å². The van der Waals surface area contributed by atoms with E-state index in [1.54, 1.807) is 0 Å². The van der Waals surface area contributed by atoms with Crippen LogP contribution in [0.15, 0.2) is 0 Å². The van der Waals surface area contributed by atoms with Crippen LogP contribution >= 0.6 is 24.0 Å². The van der Waals surface area contributed by atoms with Crippen LogP contribution in [0.2, 0.25) is 0 Å². The van der Waals surface area contributed by atoms with Gasteiger partial charge in [-0.05, 0) is 6.42 Å². The van der Waals surface area contributed by atoms with Gasteiger partial charge in [0.2, 0.25) is 5.91 Å². The number of nitrogens with zero attached hydrogens (tertiary/aromatic N) is 1. The van der Waals surface area contributed by atoms with E-state index in [2.05, 4.69) is 0 Å². The van der Waals surface area contributed by atoms with Crippen LogP contribution in [0.4, 0.5) is 0 Å². The molecule has 0 saturated carbocycles. The lowest BCUT2D eigenvalue weighted by Gasteiger charge is -2.13. The number of aliphatic carboxylic acids is 1. The number of thioether (sulfide) groups is 1. The topological polar surface area (TPSA) is 57.6 Å². The first kappa shape index (κ1) is 10.5. The zero-order valence-corrected chi connectivity index (χ0v) is 8.49. The highest BCUT2D eigenvalue weighted by Gasteiger charge is 2.25. The Kier molecular flexibility index (Phi) is 3.68. The summed E-state index contributed by atoms with van der Waals surface area (Å²) in [5, 5.41) is 8.38. The van der Waals surface area contributed by atoms with Crippen molar-refractivity contribution >= 4 is 40.2 Å². The standard InChI is InChI=1S/C7H9NO3S2/c9-5-4-13-7(12)8(5)3-1-2-6(10)11/h1-4H2,(H,10,11). The maximum atomic E-state index is 11.1. The smallest absolute Gasteiger partial charge is 0.303 e. The molecule has 0 unspecified atom stereocenters. The second-order valence-electron chi connectivity index (χ2n) is 2.60. The van der Waals surface area contributed by atoms with Crippen LogP contribution in [-0.4, -0.2) is 38.5 Å². The molecular formula is C7H9NO3S2. The predicted molar refractivity (Wildman–Crippen MR) is 53.6 cm³/mol. The van der Waals surface area contributed by atoms with Gasteiger partial charge in [-0.15, -0.1) is 0 Å². The minimum Gasteiger partial charge on any atom is -0.481 e. The zero-order chi connectivity index (χ0) is 9.84. The number of carbonyl (C=O) groups is 2. The van der Waals surface area contributed by atoms with Crippen LogP contribution in [0.5, 0.6) is 0 Å². The third-order valence-corrected chi connectivity index (χ3v) is 3.05. The van der Waals surface area contributed by atoms with Crippen LogP contribution in [0, 0.1) is 0 Å². The molecule has 0 aromatic heterocycles. The Morgan fingerprint density at radius 3 is 2.85 bits per heavy atom. The number of thiocarbonyl (C=S) groups is 1. The fourth-order valence-corrected chi connectivity index (χ4v) is 2.11.